The standard InChI is InChI=1S/C28H24N4O3S/c1-34-19-10-11-23(35-2)20(13-19)21-14-22(18-8-4-3-5-9-18)32-28-24(21)25(29)26(36-28)27(33)31-16-17-7-6-12-30-15-17/h3-15H,16,29H2,1-2H3,(H,31,33). The van der Waals surface area contributed by atoms with E-state index < -0.39 is 0 Å². The lowest BCUT2D eigenvalue weighted by molar-refractivity contribution is 0.0956. The molecule has 1 amide bonds. The van der Waals surface area contributed by atoms with E-state index >= 15 is 0 Å². The van der Waals surface area contributed by atoms with Crippen LogP contribution >= 0.6 is 11.3 Å². The minimum atomic E-state index is -0.260. The molecule has 0 atom stereocenters. The van der Waals surface area contributed by atoms with Gasteiger partial charge in [-0.1, -0.05) is 36.4 Å². The summed E-state index contributed by atoms with van der Waals surface area (Å²) < 4.78 is 11.2. The molecule has 0 bridgehead atoms. The smallest absolute Gasteiger partial charge is 0.263 e. The van der Waals surface area contributed by atoms with Crippen LogP contribution in [0.25, 0.3) is 32.6 Å². The maximum Gasteiger partial charge on any atom is 0.263 e. The number of pyridine rings is 2. The second-order valence-electron chi connectivity index (χ2n) is 8.06. The Kier molecular flexibility index (Phi) is 6.51. The van der Waals surface area contributed by atoms with E-state index in [2.05, 4.69) is 10.3 Å². The Morgan fingerprint density at radius 3 is 2.56 bits per heavy atom. The van der Waals surface area contributed by atoms with Gasteiger partial charge in [-0.15, -0.1) is 11.3 Å². The van der Waals surface area contributed by atoms with Crippen molar-refractivity contribution in [2.75, 3.05) is 20.0 Å². The normalized spacial score (nSPS) is 10.8. The molecule has 3 heterocycles. The second kappa shape index (κ2) is 10.1. The molecule has 5 aromatic rings. The van der Waals surface area contributed by atoms with Crippen molar-refractivity contribution < 1.29 is 14.3 Å². The Balaban J connectivity index is 1.67. The minimum absolute atomic E-state index is 0.260. The molecule has 3 N–H and O–H groups in total. The van der Waals surface area contributed by atoms with Gasteiger partial charge in [0.1, 0.15) is 21.2 Å². The zero-order chi connectivity index (χ0) is 25.1. The van der Waals surface area contributed by atoms with E-state index in [4.69, 9.17) is 20.2 Å². The number of aromatic nitrogens is 2. The third-order valence-corrected chi connectivity index (χ3v) is 6.95. The van der Waals surface area contributed by atoms with Crippen molar-refractivity contribution in [2.24, 2.45) is 0 Å². The van der Waals surface area contributed by atoms with Gasteiger partial charge in [-0.3, -0.25) is 9.78 Å². The van der Waals surface area contributed by atoms with Crippen LogP contribution in [-0.4, -0.2) is 30.1 Å². The highest BCUT2D eigenvalue weighted by molar-refractivity contribution is 7.21. The first-order valence-electron chi connectivity index (χ1n) is 11.3. The van der Waals surface area contributed by atoms with Crippen LogP contribution in [0.3, 0.4) is 0 Å². The predicted molar refractivity (Wildman–Crippen MR) is 143 cm³/mol. The van der Waals surface area contributed by atoms with Crippen LogP contribution in [-0.2, 0) is 6.54 Å². The van der Waals surface area contributed by atoms with Gasteiger partial charge >= 0.3 is 0 Å². The molecule has 0 aliphatic heterocycles. The summed E-state index contributed by atoms with van der Waals surface area (Å²) in [5, 5.41) is 3.65. The average molecular weight is 497 g/mol. The van der Waals surface area contributed by atoms with Crippen LogP contribution in [0.15, 0.2) is 79.1 Å². The number of benzene rings is 2. The molecule has 8 heteroatoms. The summed E-state index contributed by atoms with van der Waals surface area (Å²) in [6, 6.07) is 21.2. The van der Waals surface area contributed by atoms with Crippen molar-refractivity contribution in [3.05, 3.63) is 89.6 Å². The summed E-state index contributed by atoms with van der Waals surface area (Å²) in [6.45, 7) is 0.347. The average Bonchev–Trinajstić information content (AvgIpc) is 3.28. The number of hydrogen-bond donors (Lipinski definition) is 2. The molecule has 0 aliphatic carbocycles. The van der Waals surface area contributed by atoms with Crippen molar-refractivity contribution in [1.29, 1.82) is 0 Å². The van der Waals surface area contributed by atoms with Crippen molar-refractivity contribution in [1.82, 2.24) is 15.3 Å². The fraction of sp³-hybridized carbons (Fsp3) is 0.107. The molecule has 0 radical (unpaired) electrons. The number of carbonyl (C=O) groups is 1. The molecule has 0 saturated carbocycles. The lowest BCUT2D eigenvalue weighted by atomic mass is 9.98. The van der Waals surface area contributed by atoms with Crippen LogP contribution in [0.4, 0.5) is 5.69 Å². The Morgan fingerprint density at radius 2 is 1.83 bits per heavy atom. The van der Waals surface area contributed by atoms with Gasteiger partial charge in [0, 0.05) is 41.0 Å². The number of thiophene rings is 1. The molecule has 0 fully saturated rings. The summed E-state index contributed by atoms with van der Waals surface area (Å²) in [7, 11) is 3.24. The van der Waals surface area contributed by atoms with Crippen molar-refractivity contribution in [3.63, 3.8) is 0 Å². The van der Waals surface area contributed by atoms with Crippen molar-refractivity contribution in [3.8, 4) is 33.9 Å². The van der Waals surface area contributed by atoms with Gasteiger partial charge < -0.3 is 20.5 Å². The van der Waals surface area contributed by atoms with Crippen molar-refractivity contribution >= 4 is 33.1 Å². The van der Waals surface area contributed by atoms with Crippen LogP contribution < -0.4 is 20.5 Å². The first-order valence-corrected chi connectivity index (χ1v) is 12.1. The lowest BCUT2D eigenvalue weighted by Crippen LogP contribution is -2.22. The molecular formula is C28H24N4O3S. The van der Waals surface area contributed by atoms with E-state index in [1.807, 2.05) is 66.7 Å². The summed E-state index contributed by atoms with van der Waals surface area (Å²) in [6.07, 6.45) is 3.41. The topological polar surface area (TPSA) is 99.4 Å². The number of nitrogen functional groups attached to an aromatic ring is 1. The fourth-order valence-electron chi connectivity index (χ4n) is 4.05. The Hall–Kier alpha value is -4.43. The monoisotopic (exact) mass is 496 g/mol. The van der Waals surface area contributed by atoms with E-state index in [1.165, 1.54) is 11.3 Å². The predicted octanol–water partition coefficient (Wildman–Crippen LogP) is 5.55. The number of fused-ring (bicyclic) bond motifs is 1. The number of hydrogen-bond acceptors (Lipinski definition) is 7. The molecule has 0 aliphatic rings. The highest BCUT2D eigenvalue weighted by Crippen LogP contribution is 2.44. The Labute approximate surface area is 212 Å². The highest BCUT2D eigenvalue weighted by Gasteiger charge is 2.23. The molecule has 0 saturated heterocycles. The quantitative estimate of drug-likeness (QED) is 0.306. The van der Waals surface area contributed by atoms with Gasteiger partial charge in [-0.25, -0.2) is 4.98 Å². The number of methoxy groups -OCH3 is 2. The van der Waals surface area contributed by atoms with Crippen molar-refractivity contribution in [2.45, 2.75) is 6.54 Å². The zero-order valence-corrected chi connectivity index (χ0v) is 20.6. The largest absolute Gasteiger partial charge is 0.497 e. The lowest BCUT2D eigenvalue weighted by Gasteiger charge is -2.14. The number of ether oxygens (including phenoxy) is 2. The molecule has 36 heavy (non-hydrogen) atoms. The number of amides is 1. The summed E-state index contributed by atoms with van der Waals surface area (Å²) in [5.41, 5.74) is 11.2. The van der Waals surface area contributed by atoms with Crippen LogP contribution in [0, 0.1) is 0 Å². The summed E-state index contributed by atoms with van der Waals surface area (Å²) in [5.74, 6) is 1.08. The van der Waals surface area contributed by atoms with E-state index in [0.717, 1.165) is 27.9 Å². The second-order valence-corrected chi connectivity index (χ2v) is 9.06. The fourth-order valence-corrected chi connectivity index (χ4v) is 5.08. The minimum Gasteiger partial charge on any atom is -0.497 e. The molecular weight excluding hydrogens is 472 g/mol. The van der Waals surface area contributed by atoms with E-state index in [9.17, 15) is 4.79 Å². The van der Waals surface area contributed by atoms with Gasteiger partial charge in [0.15, 0.2) is 0 Å². The maximum absolute atomic E-state index is 13.2. The van der Waals surface area contributed by atoms with E-state index in [0.29, 0.717) is 38.8 Å². The molecule has 2 aromatic carbocycles. The zero-order valence-electron chi connectivity index (χ0n) is 19.8. The molecule has 7 nitrogen and oxygen atoms in total. The number of nitrogens with zero attached hydrogens (tertiary/aromatic N) is 2. The first kappa shape index (κ1) is 23.3. The van der Waals surface area contributed by atoms with Gasteiger partial charge in [0.05, 0.1) is 25.6 Å². The summed E-state index contributed by atoms with van der Waals surface area (Å²) >= 11 is 1.27. The molecule has 0 spiro atoms. The van der Waals surface area contributed by atoms with Crippen LogP contribution in [0.1, 0.15) is 15.2 Å². The number of nitrogens with one attached hydrogen (secondary N) is 1. The third-order valence-electron chi connectivity index (χ3n) is 5.85. The molecule has 180 valence electrons. The molecule has 5 rings (SSSR count). The van der Waals surface area contributed by atoms with Crippen LogP contribution in [0.5, 0.6) is 11.5 Å². The van der Waals surface area contributed by atoms with Crippen LogP contribution in [0.2, 0.25) is 0 Å². The first-order chi connectivity index (χ1) is 17.6. The molecule has 3 aromatic heterocycles. The van der Waals surface area contributed by atoms with Gasteiger partial charge in [-0.05, 0) is 35.9 Å². The number of carbonyl (C=O) groups excluding carboxylic acids is 1. The van der Waals surface area contributed by atoms with Gasteiger partial charge in [-0.2, -0.15) is 0 Å². The SMILES string of the molecule is COc1ccc(OC)c(-c2cc(-c3ccccc3)nc3sc(C(=O)NCc4cccnc4)c(N)c23)c1. The number of rotatable bonds is 7. The third kappa shape index (κ3) is 4.46. The number of anilines is 1. The number of nitrogens with two attached hydrogens (primary N) is 1. The highest BCUT2D eigenvalue weighted by atomic mass is 32.1. The van der Waals surface area contributed by atoms with E-state index in [1.54, 1.807) is 26.6 Å². The Morgan fingerprint density at radius 1 is 1.00 bits per heavy atom. The van der Waals surface area contributed by atoms with Gasteiger partial charge in [0.25, 0.3) is 5.91 Å². The summed E-state index contributed by atoms with van der Waals surface area (Å²) in [4.78, 5) is 23.2. The maximum atomic E-state index is 13.2. The Bertz CT molecular complexity index is 1540. The van der Waals surface area contributed by atoms with Gasteiger partial charge in [0.2, 0.25) is 0 Å². The molecule has 0 unspecified atom stereocenters. The van der Waals surface area contributed by atoms with E-state index in [-0.39, 0.29) is 5.91 Å².